The summed E-state index contributed by atoms with van der Waals surface area (Å²) in [5, 5.41) is 5.43. The van der Waals surface area contributed by atoms with Crippen molar-refractivity contribution in [2.75, 3.05) is 0 Å². The van der Waals surface area contributed by atoms with Crippen molar-refractivity contribution in [3.63, 3.8) is 0 Å². The van der Waals surface area contributed by atoms with E-state index < -0.39 is 0 Å². The highest BCUT2D eigenvalue weighted by atomic mass is 35.5. The fourth-order valence-electron chi connectivity index (χ4n) is 1.82. The summed E-state index contributed by atoms with van der Waals surface area (Å²) in [6, 6.07) is 5.23. The molecule has 0 fully saturated rings. The molecule has 100 valence electrons. The lowest BCUT2D eigenvalue weighted by Crippen LogP contribution is -2.14. The Balaban J connectivity index is 2.54. The van der Waals surface area contributed by atoms with Crippen LogP contribution in [0.4, 0.5) is 0 Å². The highest BCUT2D eigenvalue weighted by Gasteiger charge is 2.22. The van der Waals surface area contributed by atoms with Crippen molar-refractivity contribution in [1.29, 1.82) is 0 Å². The summed E-state index contributed by atoms with van der Waals surface area (Å²) in [4.78, 5) is 11.1. The van der Waals surface area contributed by atoms with E-state index in [1.54, 1.807) is 23.0 Å². The lowest BCUT2D eigenvalue weighted by Gasteiger charge is -2.15. The van der Waals surface area contributed by atoms with Crippen LogP contribution in [0, 0.1) is 0 Å². The molecular weight excluding hydrogens is 283 g/mol. The third-order valence-corrected chi connectivity index (χ3v) is 3.49. The normalized spacial score (nSPS) is 11.6. The Morgan fingerprint density at radius 2 is 1.89 bits per heavy atom. The maximum Gasteiger partial charge on any atom is 0.153 e. The summed E-state index contributed by atoms with van der Waals surface area (Å²) >= 11 is 11.9. The minimum absolute atomic E-state index is 0.197. The van der Waals surface area contributed by atoms with Gasteiger partial charge >= 0.3 is 0 Å². The third-order valence-electron chi connectivity index (χ3n) is 2.75. The lowest BCUT2D eigenvalue weighted by atomic mass is 9.90. The number of benzene rings is 1. The monoisotopic (exact) mass is 296 g/mol. The number of hydrogen-bond acceptors (Lipinski definition) is 2. The van der Waals surface area contributed by atoms with Crippen LogP contribution in [0.15, 0.2) is 24.4 Å². The van der Waals surface area contributed by atoms with E-state index in [-0.39, 0.29) is 5.41 Å². The first kappa shape index (κ1) is 14.1. The minimum Gasteiger partial charge on any atom is -0.298 e. The molecule has 1 aromatic heterocycles. The Bertz CT molecular complexity index is 627. The molecule has 0 bridgehead atoms. The summed E-state index contributed by atoms with van der Waals surface area (Å²) in [6.45, 7) is 6.05. The fourth-order valence-corrected chi connectivity index (χ4v) is 2.11. The van der Waals surface area contributed by atoms with Gasteiger partial charge in [0.25, 0.3) is 0 Å². The summed E-state index contributed by atoms with van der Waals surface area (Å²) < 4.78 is 1.65. The van der Waals surface area contributed by atoms with E-state index in [0.29, 0.717) is 15.6 Å². The van der Waals surface area contributed by atoms with Gasteiger partial charge in [-0.25, -0.2) is 4.68 Å². The maximum atomic E-state index is 11.1. The van der Waals surface area contributed by atoms with Crippen molar-refractivity contribution in [1.82, 2.24) is 9.78 Å². The van der Waals surface area contributed by atoms with Gasteiger partial charge in [-0.1, -0.05) is 44.0 Å². The van der Waals surface area contributed by atoms with Crippen LogP contribution in [0.1, 0.15) is 36.8 Å². The molecule has 2 aromatic rings. The zero-order valence-electron chi connectivity index (χ0n) is 10.9. The molecule has 0 aliphatic heterocycles. The average molecular weight is 297 g/mol. The number of carbonyl (C=O) groups excluding carboxylic acids is 1. The van der Waals surface area contributed by atoms with E-state index in [4.69, 9.17) is 23.2 Å². The molecule has 0 saturated carbocycles. The first-order valence-corrected chi connectivity index (χ1v) is 6.59. The fraction of sp³-hybridized carbons (Fsp3) is 0.286. The highest BCUT2D eigenvalue weighted by molar-refractivity contribution is 6.42. The summed E-state index contributed by atoms with van der Waals surface area (Å²) in [7, 11) is 0. The number of carbonyl (C=O) groups is 1. The molecule has 3 nitrogen and oxygen atoms in total. The lowest BCUT2D eigenvalue weighted by molar-refractivity contribution is 0.112. The van der Waals surface area contributed by atoms with Crippen LogP contribution in [-0.4, -0.2) is 16.1 Å². The first-order valence-electron chi connectivity index (χ1n) is 5.83. The van der Waals surface area contributed by atoms with Gasteiger partial charge < -0.3 is 0 Å². The molecule has 0 amide bonds. The Hall–Kier alpha value is -1.32. The first-order chi connectivity index (χ1) is 8.82. The zero-order chi connectivity index (χ0) is 14.2. The quantitative estimate of drug-likeness (QED) is 0.775. The number of halogens is 2. The number of rotatable bonds is 2. The van der Waals surface area contributed by atoms with Gasteiger partial charge in [-0.05, 0) is 18.2 Å². The molecule has 1 heterocycles. The summed E-state index contributed by atoms with van der Waals surface area (Å²) in [5.41, 5.74) is 1.91. The van der Waals surface area contributed by atoms with Crippen LogP contribution in [0.25, 0.3) is 5.69 Å². The van der Waals surface area contributed by atoms with Crippen molar-refractivity contribution < 1.29 is 4.79 Å². The van der Waals surface area contributed by atoms with Gasteiger partial charge in [-0.3, -0.25) is 4.79 Å². The van der Waals surface area contributed by atoms with Gasteiger partial charge in [0.2, 0.25) is 0 Å². The molecule has 0 aliphatic carbocycles. The van der Waals surface area contributed by atoms with E-state index in [9.17, 15) is 4.79 Å². The van der Waals surface area contributed by atoms with E-state index >= 15 is 0 Å². The number of nitrogens with zero attached hydrogens (tertiary/aromatic N) is 2. The Kier molecular flexibility index (Phi) is 3.70. The Morgan fingerprint density at radius 1 is 1.21 bits per heavy atom. The van der Waals surface area contributed by atoms with E-state index in [2.05, 4.69) is 5.10 Å². The van der Waals surface area contributed by atoms with Crippen molar-refractivity contribution in [2.45, 2.75) is 26.2 Å². The molecule has 1 aromatic carbocycles. The second-order valence-corrected chi connectivity index (χ2v) is 6.16. The highest BCUT2D eigenvalue weighted by Crippen LogP contribution is 2.27. The molecule has 0 spiro atoms. The van der Waals surface area contributed by atoms with Crippen LogP contribution >= 0.6 is 23.2 Å². The largest absolute Gasteiger partial charge is 0.298 e. The molecule has 0 saturated heterocycles. The second kappa shape index (κ2) is 4.99. The van der Waals surface area contributed by atoms with E-state index in [0.717, 1.165) is 17.7 Å². The minimum atomic E-state index is -0.197. The van der Waals surface area contributed by atoms with E-state index in [1.165, 1.54) is 0 Å². The molecule has 0 N–H and O–H groups in total. The van der Waals surface area contributed by atoms with Gasteiger partial charge in [0.1, 0.15) is 0 Å². The Morgan fingerprint density at radius 3 is 2.37 bits per heavy atom. The summed E-state index contributed by atoms with van der Waals surface area (Å²) in [6.07, 6.45) is 2.52. The zero-order valence-corrected chi connectivity index (χ0v) is 12.5. The Labute approximate surface area is 122 Å². The average Bonchev–Trinajstić information content (AvgIpc) is 2.76. The van der Waals surface area contributed by atoms with Crippen LogP contribution in [-0.2, 0) is 5.41 Å². The van der Waals surface area contributed by atoms with Gasteiger partial charge in [0.05, 0.1) is 27.0 Å². The molecule has 0 aliphatic rings. The van der Waals surface area contributed by atoms with E-state index in [1.807, 2.05) is 26.8 Å². The molecular formula is C14H14Cl2N2O. The SMILES string of the molecule is CC(C)(C)c1nn(-c2ccc(Cl)c(Cl)c2)cc1C=O. The number of aromatic nitrogens is 2. The third kappa shape index (κ3) is 2.82. The predicted molar refractivity (Wildman–Crippen MR) is 77.7 cm³/mol. The van der Waals surface area contributed by atoms with Crippen LogP contribution < -0.4 is 0 Å². The van der Waals surface area contributed by atoms with Gasteiger partial charge in [-0.15, -0.1) is 0 Å². The molecule has 0 radical (unpaired) electrons. The van der Waals surface area contributed by atoms with Crippen LogP contribution in [0.3, 0.4) is 0 Å². The van der Waals surface area contributed by atoms with Gasteiger partial charge in [0.15, 0.2) is 6.29 Å². The molecule has 19 heavy (non-hydrogen) atoms. The number of aldehydes is 1. The van der Waals surface area contributed by atoms with Crippen molar-refractivity contribution in [2.24, 2.45) is 0 Å². The molecule has 0 unspecified atom stereocenters. The smallest absolute Gasteiger partial charge is 0.153 e. The standard InChI is InChI=1S/C14H14Cl2N2O/c1-14(2,3)13-9(8-19)7-18(17-13)10-4-5-11(15)12(16)6-10/h4-8H,1-3H3. The van der Waals surface area contributed by atoms with Crippen LogP contribution in [0.2, 0.25) is 10.0 Å². The van der Waals surface area contributed by atoms with Crippen molar-refractivity contribution in [3.8, 4) is 5.69 Å². The summed E-state index contributed by atoms with van der Waals surface area (Å²) in [5.74, 6) is 0. The van der Waals surface area contributed by atoms with Gasteiger partial charge in [0, 0.05) is 11.6 Å². The molecule has 2 rings (SSSR count). The molecule has 5 heteroatoms. The maximum absolute atomic E-state index is 11.1. The van der Waals surface area contributed by atoms with Crippen molar-refractivity contribution in [3.05, 3.63) is 45.7 Å². The van der Waals surface area contributed by atoms with Crippen LogP contribution in [0.5, 0.6) is 0 Å². The predicted octanol–water partition coefficient (Wildman–Crippen LogP) is 4.29. The second-order valence-electron chi connectivity index (χ2n) is 5.34. The van der Waals surface area contributed by atoms with Gasteiger partial charge in [-0.2, -0.15) is 5.10 Å². The topological polar surface area (TPSA) is 34.9 Å². The molecule has 0 atom stereocenters. The number of hydrogen-bond donors (Lipinski definition) is 0. The van der Waals surface area contributed by atoms with Crippen molar-refractivity contribution >= 4 is 29.5 Å².